The van der Waals surface area contributed by atoms with E-state index in [0.29, 0.717) is 0 Å². The molecule has 0 aliphatic rings. The number of hydrogen-bond acceptors (Lipinski definition) is 1. The number of anilines is 1. The van der Waals surface area contributed by atoms with Crippen molar-refractivity contribution >= 4 is 17.3 Å². The first-order valence-corrected chi connectivity index (χ1v) is 6.74. The maximum Gasteiger partial charge on any atom is 0.0760 e. The third-order valence-corrected chi connectivity index (χ3v) is 3.43. The van der Waals surface area contributed by atoms with Gasteiger partial charge in [-0.15, -0.1) is 11.6 Å². The van der Waals surface area contributed by atoms with Crippen LogP contribution in [-0.2, 0) is 0 Å². The molecule has 0 amide bonds. The number of para-hydroxylation sites is 1. The molecule has 0 bridgehead atoms. The molecule has 2 aromatic carbocycles. The Morgan fingerprint density at radius 2 is 1.50 bits per heavy atom. The van der Waals surface area contributed by atoms with E-state index in [4.69, 9.17) is 11.6 Å². The van der Waals surface area contributed by atoms with Crippen molar-refractivity contribution in [1.29, 1.82) is 0 Å². The van der Waals surface area contributed by atoms with Crippen LogP contribution in [0.15, 0.2) is 60.7 Å². The molecule has 0 N–H and O–H groups in total. The van der Waals surface area contributed by atoms with E-state index in [9.17, 15) is 0 Å². The van der Waals surface area contributed by atoms with Crippen LogP contribution >= 0.6 is 11.6 Å². The molecule has 0 aromatic heterocycles. The molecule has 2 rings (SSSR count). The Hall–Kier alpha value is -1.47. The third-order valence-electron chi connectivity index (χ3n) is 3.05. The average Bonchev–Trinajstić information content (AvgIpc) is 2.46. The summed E-state index contributed by atoms with van der Waals surface area (Å²) in [5, 5.41) is 0.0198. The molecule has 0 saturated heterocycles. The minimum atomic E-state index is 0.0198. The lowest BCUT2D eigenvalue weighted by atomic mass is 10.1. The number of alkyl halides is 1. The highest BCUT2D eigenvalue weighted by molar-refractivity contribution is 6.21. The van der Waals surface area contributed by atoms with Gasteiger partial charge in [0.05, 0.1) is 5.38 Å². The van der Waals surface area contributed by atoms with Crippen LogP contribution in [0.5, 0.6) is 0 Å². The van der Waals surface area contributed by atoms with Crippen LogP contribution in [0.2, 0.25) is 0 Å². The second kappa shape index (κ2) is 6.46. The van der Waals surface area contributed by atoms with E-state index in [1.165, 1.54) is 11.3 Å². The standard InChI is InChI=1S/C16H18ClN/c1-2-18(15-11-7-4-8-12-15)13-16(17)14-9-5-3-6-10-14/h3-12,16H,2,13H2,1H3. The number of nitrogens with zero attached hydrogens (tertiary/aromatic N) is 1. The molecular formula is C16H18ClN. The van der Waals surface area contributed by atoms with Gasteiger partial charge in [0.15, 0.2) is 0 Å². The molecule has 0 aliphatic carbocycles. The summed E-state index contributed by atoms with van der Waals surface area (Å²) in [5.41, 5.74) is 2.40. The molecule has 0 saturated carbocycles. The van der Waals surface area contributed by atoms with Crippen LogP contribution in [0.3, 0.4) is 0 Å². The van der Waals surface area contributed by atoms with E-state index >= 15 is 0 Å². The summed E-state index contributed by atoms with van der Waals surface area (Å²) in [6.07, 6.45) is 0. The minimum Gasteiger partial charge on any atom is -0.370 e. The summed E-state index contributed by atoms with van der Waals surface area (Å²) >= 11 is 6.49. The Kier molecular flexibility index (Phi) is 4.66. The van der Waals surface area contributed by atoms with Crippen molar-refractivity contribution in [2.45, 2.75) is 12.3 Å². The molecule has 0 heterocycles. The van der Waals surface area contributed by atoms with Gasteiger partial charge < -0.3 is 4.90 Å². The molecule has 2 aromatic rings. The van der Waals surface area contributed by atoms with Gasteiger partial charge in [0.2, 0.25) is 0 Å². The van der Waals surface area contributed by atoms with Gasteiger partial charge in [0.25, 0.3) is 0 Å². The van der Waals surface area contributed by atoms with Crippen molar-refractivity contribution in [1.82, 2.24) is 0 Å². The molecule has 1 atom stereocenters. The summed E-state index contributed by atoms with van der Waals surface area (Å²) in [6.45, 7) is 3.94. The number of halogens is 1. The zero-order valence-corrected chi connectivity index (χ0v) is 11.3. The molecule has 0 radical (unpaired) electrons. The van der Waals surface area contributed by atoms with Crippen LogP contribution in [0.4, 0.5) is 5.69 Å². The van der Waals surface area contributed by atoms with Crippen LogP contribution in [0.1, 0.15) is 17.9 Å². The summed E-state index contributed by atoms with van der Waals surface area (Å²) in [5.74, 6) is 0. The van der Waals surface area contributed by atoms with Gasteiger partial charge in [-0.1, -0.05) is 48.5 Å². The van der Waals surface area contributed by atoms with Crippen molar-refractivity contribution in [2.75, 3.05) is 18.0 Å². The molecule has 0 spiro atoms. The molecule has 0 aliphatic heterocycles. The monoisotopic (exact) mass is 259 g/mol. The molecule has 0 fully saturated rings. The lowest BCUT2D eigenvalue weighted by molar-refractivity contribution is 0.791. The van der Waals surface area contributed by atoms with Gasteiger partial charge in [-0.05, 0) is 24.6 Å². The number of rotatable bonds is 5. The van der Waals surface area contributed by atoms with Gasteiger partial charge in [0.1, 0.15) is 0 Å². The highest BCUT2D eigenvalue weighted by Crippen LogP contribution is 2.24. The molecule has 18 heavy (non-hydrogen) atoms. The predicted octanol–water partition coefficient (Wildman–Crippen LogP) is 4.49. The normalized spacial score (nSPS) is 12.1. The van der Waals surface area contributed by atoms with Crippen molar-refractivity contribution in [3.8, 4) is 0 Å². The van der Waals surface area contributed by atoms with E-state index in [0.717, 1.165) is 13.1 Å². The summed E-state index contributed by atoms with van der Waals surface area (Å²) < 4.78 is 0. The first-order chi connectivity index (χ1) is 8.81. The van der Waals surface area contributed by atoms with Gasteiger partial charge in [-0.3, -0.25) is 0 Å². The molecular weight excluding hydrogens is 242 g/mol. The number of benzene rings is 2. The quantitative estimate of drug-likeness (QED) is 0.715. The van der Waals surface area contributed by atoms with Crippen LogP contribution in [0, 0.1) is 0 Å². The Labute approximate surface area is 114 Å². The van der Waals surface area contributed by atoms with Crippen molar-refractivity contribution in [3.63, 3.8) is 0 Å². The largest absolute Gasteiger partial charge is 0.370 e. The van der Waals surface area contributed by atoms with E-state index in [1.807, 2.05) is 24.3 Å². The van der Waals surface area contributed by atoms with Crippen molar-refractivity contribution in [3.05, 3.63) is 66.2 Å². The fraction of sp³-hybridized carbons (Fsp3) is 0.250. The van der Waals surface area contributed by atoms with Crippen LogP contribution in [0.25, 0.3) is 0 Å². The molecule has 2 heteroatoms. The van der Waals surface area contributed by atoms with Gasteiger partial charge in [0, 0.05) is 18.8 Å². The topological polar surface area (TPSA) is 3.24 Å². The molecule has 94 valence electrons. The lowest BCUT2D eigenvalue weighted by Crippen LogP contribution is -2.26. The van der Waals surface area contributed by atoms with Crippen molar-refractivity contribution < 1.29 is 0 Å². The minimum absolute atomic E-state index is 0.0198. The second-order valence-electron chi connectivity index (χ2n) is 4.25. The molecule has 1 unspecified atom stereocenters. The maximum atomic E-state index is 6.49. The summed E-state index contributed by atoms with van der Waals surface area (Å²) in [6, 6.07) is 20.6. The van der Waals surface area contributed by atoms with E-state index in [-0.39, 0.29) is 5.38 Å². The number of likely N-dealkylation sites (N-methyl/N-ethyl adjacent to an activating group) is 1. The van der Waals surface area contributed by atoms with Gasteiger partial charge in [-0.2, -0.15) is 0 Å². The first kappa shape index (κ1) is 13.0. The smallest absolute Gasteiger partial charge is 0.0760 e. The fourth-order valence-electron chi connectivity index (χ4n) is 2.02. The van der Waals surface area contributed by atoms with Crippen LogP contribution in [-0.4, -0.2) is 13.1 Å². The Bertz CT molecular complexity index is 455. The molecule has 1 nitrogen and oxygen atoms in total. The van der Waals surface area contributed by atoms with E-state index < -0.39 is 0 Å². The highest BCUT2D eigenvalue weighted by Gasteiger charge is 2.12. The van der Waals surface area contributed by atoms with Gasteiger partial charge >= 0.3 is 0 Å². The van der Waals surface area contributed by atoms with E-state index in [2.05, 4.69) is 48.2 Å². The Morgan fingerprint density at radius 3 is 2.06 bits per heavy atom. The number of hydrogen-bond donors (Lipinski definition) is 0. The van der Waals surface area contributed by atoms with Gasteiger partial charge in [-0.25, -0.2) is 0 Å². The second-order valence-corrected chi connectivity index (χ2v) is 4.78. The Morgan fingerprint density at radius 1 is 0.944 bits per heavy atom. The Balaban J connectivity index is 2.07. The SMILES string of the molecule is CCN(CC(Cl)c1ccccc1)c1ccccc1. The summed E-state index contributed by atoms with van der Waals surface area (Å²) in [7, 11) is 0. The predicted molar refractivity (Wildman–Crippen MR) is 79.4 cm³/mol. The van der Waals surface area contributed by atoms with Crippen LogP contribution < -0.4 is 4.90 Å². The lowest BCUT2D eigenvalue weighted by Gasteiger charge is -2.25. The zero-order chi connectivity index (χ0) is 12.8. The summed E-state index contributed by atoms with van der Waals surface area (Å²) in [4.78, 5) is 2.30. The third kappa shape index (κ3) is 3.27. The highest BCUT2D eigenvalue weighted by atomic mass is 35.5. The van der Waals surface area contributed by atoms with E-state index in [1.54, 1.807) is 0 Å². The average molecular weight is 260 g/mol. The zero-order valence-electron chi connectivity index (χ0n) is 10.6. The van der Waals surface area contributed by atoms with Crippen molar-refractivity contribution in [2.24, 2.45) is 0 Å². The maximum absolute atomic E-state index is 6.49. The fourth-order valence-corrected chi connectivity index (χ4v) is 2.33. The first-order valence-electron chi connectivity index (χ1n) is 6.30.